The van der Waals surface area contributed by atoms with Crippen LogP contribution in [0.1, 0.15) is 0 Å². The maximum Gasteiger partial charge on any atom is 0.164 e. The van der Waals surface area contributed by atoms with Gasteiger partial charge in [-0.3, -0.25) is 4.57 Å². The van der Waals surface area contributed by atoms with Gasteiger partial charge in [-0.05, 0) is 71.4 Å². The summed E-state index contributed by atoms with van der Waals surface area (Å²) in [6.07, 6.45) is 0. The van der Waals surface area contributed by atoms with E-state index >= 15 is 0 Å². The van der Waals surface area contributed by atoms with Crippen LogP contribution in [-0.4, -0.2) is 29.1 Å². The molecule has 0 aliphatic carbocycles. The summed E-state index contributed by atoms with van der Waals surface area (Å²) >= 11 is 0. The molecule has 6 nitrogen and oxygen atoms in total. The Labute approximate surface area is 345 Å². The van der Waals surface area contributed by atoms with Crippen LogP contribution in [0, 0.1) is 0 Å². The minimum atomic E-state index is 0.613. The molecule has 6 heteroatoms. The van der Waals surface area contributed by atoms with E-state index in [1.165, 1.54) is 27.1 Å². The molecule has 0 amide bonds. The number of aromatic nitrogens is 6. The molecular formula is C54H34N6. The third-order valence-corrected chi connectivity index (χ3v) is 11.6. The molecule has 0 bridgehead atoms. The van der Waals surface area contributed by atoms with E-state index in [1.54, 1.807) is 0 Å². The Morgan fingerprint density at radius 2 is 0.733 bits per heavy atom. The predicted molar refractivity (Wildman–Crippen MR) is 246 cm³/mol. The zero-order chi connectivity index (χ0) is 39.6. The summed E-state index contributed by atoms with van der Waals surface area (Å²) in [5, 5.41) is 7.02. The summed E-state index contributed by atoms with van der Waals surface area (Å²) in [6, 6.07) is 72.1. The van der Waals surface area contributed by atoms with Crippen molar-refractivity contribution in [3.63, 3.8) is 0 Å². The predicted octanol–water partition coefficient (Wildman–Crippen LogP) is 13.3. The number of fused-ring (bicyclic) bond motifs is 9. The molecule has 0 aliphatic heterocycles. The van der Waals surface area contributed by atoms with Crippen LogP contribution in [0.4, 0.5) is 0 Å². The van der Waals surface area contributed by atoms with E-state index < -0.39 is 0 Å². The Balaban J connectivity index is 1.09. The van der Waals surface area contributed by atoms with Crippen molar-refractivity contribution in [3.05, 3.63) is 206 Å². The summed E-state index contributed by atoms with van der Waals surface area (Å²) in [4.78, 5) is 20.5. The van der Waals surface area contributed by atoms with Crippen LogP contribution in [0.25, 0.3) is 111 Å². The lowest BCUT2D eigenvalue weighted by molar-refractivity contribution is 1.07. The molecule has 0 saturated heterocycles. The highest BCUT2D eigenvalue weighted by atomic mass is 15.1. The molecule has 12 rings (SSSR count). The van der Waals surface area contributed by atoms with Crippen molar-refractivity contribution >= 4 is 54.4 Å². The molecule has 0 unspecified atom stereocenters. The van der Waals surface area contributed by atoms with Crippen molar-refractivity contribution in [2.24, 2.45) is 0 Å². The Bertz CT molecular complexity index is 3520. The first-order chi connectivity index (χ1) is 29.8. The molecule has 0 N–H and O–H groups in total. The van der Waals surface area contributed by atoms with Crippen molar-refractivity contribution < 1.29 is 0 Å². The molecule has 0 radical (unpaired) electrons. The van der Waals surface area contributed by atoms with E-state index in [4.69, 9.17) is 19.9 Å². The van der Waals surface area contributed by atoms with E-state index in [-0.39, 0.29) is 0 Å². The van der Waals surface area contributed by atoms with E-state index in [2.05, 4.69) is 155 Å². The Morgan fingerprint density at radius 1 is 0.283 bits per heavy atom. The number of para-hydroxylation sites is 2. The standard InChI is InChI=1S/C54H34N6/c1-4-16-35(17-5-1)51-56-52(36-18-6-2-7-19-36)58-53(57-51)37-28-31-40(32-29-37)60-50-45-26-13-11-23-42(45)41-22-10-12-25-44(41)49(50)55-54(60)38-30-33-48-46(34-38)43-24-14-15-27-47(43)59(48)39-20-8-3-9-21-39/h1-34H. The molecule has 60 heavy (non-hydrogen) atoms. The van der Waals surface area contributed by atoms with Gasteiger partial charge in [0.2, 0.25) is 0 Å². The number of rotatable bonds is 6. The Hall–Kier alpha value is -8.22. The molecule has 9 aromatic carbocycles. The minimum Gasteiger partial charge on any atom is -0.309 e. The highest BCUT2D eigenvalue weighted by molar-refractivity contribution is 6.24. The number of nitrogens with zero attached hydrogens (tertiary/aromatic N) is 6. The highest BCUT2D eigenvalue weighted by Crippen LogP contribution is 2.41. The number of benzene rings is 9. The first kappa shape index (κ1) is 33.9. The third kappa shape index (κ3) is 5.42. The van der Waals surface area contributed by atoms with Crippen LogP contribution in [-0.2, 0) is 0 Å². The lowest BCUT2D eigenvalue weighted by Gasteiger charge is -2.14. The first-order valence-corrected chi connectivity index (χ1v) is 20.2. The molecule has 0 spiro atoms. The van der Waals surface area contributed by atoms with Gasteiger partial charge < -0.3 is 4.57 Å². The highest BCUT2D eigenvalue weighted by Gasteiger charge is 2.22. The van der Waals surface area contributed by atoms with Gasteiger partial charge in [0, 0.05) is 55.2 Å². The summed E-state index contributed by atoms with van der Waals surface area (Å²) in [7, 11) is 0. The lowest BCUT2D eigenvalue weighted by Crippen LogP contribution is -2.01. The zero-order valence-electron chi connectivity index (χ0n) is 32.3. The van der Waals surface area contributed by atoms with Gasteiger partial charge in [0.05, 0.1) is 22.1 Å². The summed E-state index contributed by atoms with van der Waals surface area (Å²) in [5.74, 6) is 2.75. The summed E-state index contributed by atoms with van der Waals surface area (Å²) < 4.78 is 4.69. The normalized spacial score (nSPS) is 11.7. The molecule has 3 heterocycles. The molecule has 12 aromatic rings. The molecule has 0 aliphatic rings. The van der Waals surface area contributed by atoms with Gasteiger partial charge in [-0.15, -0.1) is 0 Å². The van der Waals surface area contributed by atoms with Crippen LogP contribution >= 0.6 is 0 Å². The maximum atomic E-state index is 5.58. The van der Waals surface area contributed by atoms with Crippen LogP contribution in [0.2, 0.25) is 0 Å². The van der Waals surface area contributed by atoms with Crippen molar-refractivity contribution in [2.75, 3.05) is 0 Å². The lowest BCUT2D eigenvalue weighted by atomic mass is 10.00. The van der Waals surface area contributed by atoms with E-state index in [0.717, 1.165) is 66.8 Å². The average Bonchev–Trinajstić information content (AvgIpc) is 3.90. The van der Waals surface area contributed by atoms with Crippen molar-refractivity contribution in [2.45, 2.75) is 0 Å². The quantitative estimate of drug-likeness (QED) is 0.158. The van der Waals surface area contributed by atoms with Gasteiger partial charge >= 0.3 is 0 Å². The summed E-state index contributed by atoms with van der Waals surface area (Å²) in [6.45, 7) is 0. The average molecular weight is 767 g/mol. The van der Waals surface area contributed by atoms with Gasteiger partial charge in [-0.2, -0.15) is 0 Å². The Morgan fingerprint density at radius 3 is 1.37 bits per heavy atom. The van der Waals surface area contributed by atoms with Gasteiger partial charge in [-0.25, -0.2) is 19.9 Å². The minimum absolute atomic E-state index is 0.613. The Kier molecular flexibility index (Phi) is 7.74. The topological polar surface area (TPSA) is 61.4 Å². The number of imidazole rings is 1. The van der Waals surface area contributed by atoms with E-state index in [9.17, 15) is 0 Å². The number of hydrogen-bond acceptors (Lipinski definition) is 4. The van der Waals surface area contributed by atoms with E-state index in [0.29, 0.717) is 17.5 Å². The largest absolute Gasteiger partial charge is 0.309 e. The van der Waals surface area contributed by atoms with E-state index in [1.807, 2.05) is 60.7 Å². The van der Waals surface area contributed by atoms with Crippen LogP contribution in [0.3, 0.4) is 0 Å². The van der Waals surface area contributed by atoms with Crippen LogP contribution < -0.4 is 0 Å². The second kappa shape index (κ2) is 13.7. The molecular weight excluding hydrogens is 733 g/mol. The maximum absolute atomic E-state index is 5.58. The third-order valence-electron chi connectivity index (χ3n) is 11.6. The van der Waals surface area contributed by atoms with Crippen molar-refractivity contribution in [3.8, 4) is 56.9 Å². The molecule has 0 atom stereocenters. The second-order valence-electron chi connectivity index (χ2n) is 15.1. The fourth-order valence-corrected chi connectivity index (χ4v) is 8.81. The van der Waals surface area contributed by atoms with Gasteiger partial charge in [0.15, 0.2) is 17.5 Å². The van der Waals surface area contributed by atoms with Crippen molar-refractivity contribution in [1.82, 2.24) is 29.1 Å². The van der Waals surface area contributed by atoms with Gasteiger partial charge in [-0.1, -0.05) is 146 Å². The summed E-state index contributed by atoms with van der Waals surface area (Å²) in [5.41, 5.74) is 10.3. The first-order valence-electron chi connectivity index (χ1n) is 20.2. The smallest absolute Gasteiger partial charge is 0.164 e. The second-order valence-corrected chi connectivity index (χ2v) is 15.1. The zero-order valence-corrected chi connectivity index (χ0v) is 32.3. The fraction of sp³-hybridized carbons (Fsp3) is 0. The molecule has 3 aromatic heterocycles. The molecule has 0 saturated carbocycles. The SMILES string of the molecule is c1ccc(-c2nc(-c3ccccc3)nc(-c3ccc(-n4c(-c5ccc6c(c5)c5ccccc5n6-c5ccccc5)nc5c6ccccc6c6ccccc6c54)cc3)n2)cc1. The van der Waals surface area contributed by atoms with Crippen LogP contribution in [0.5, 0.6) is 0 Å². The number of hydrogen-bond donors (Lipinski definition) is 0. The van der Waals surface area contributed by atoms with Crippen LogP contribution in [0.15, 0.2) is 206 Å². The van der Waals surface area contributed by atoms with Gasteiger partial charge in [0.25, 0.3) is 0 Å². The fourth-order valence-electron chi connectivity index (χ4n) is 8.81. The molecule has 280 valence electrons. The van der Waals surface area contributed by atoms with Gasteiger partial charge in [0.1, 0.15) is 5.82 Å². The van der Waals surface area contributed by atoms with Crippen molar-refractivity contribution in [1.29, 1.82) is 0 Å². The monoisotopic (exact) mass is 766 g/mol. The molecule has 0 fully saturated rings.